The van der Waals surface area contributed by atoms with Gasteiger partial charge in [-0.15, -0.1) is 0 Å². The van der Waals surface area contributed by atoms with Crippen LogP contribution in [0, 0.1) is 0 Å². The smallest absolute Gasteiger partial charge is 0.332 e. The van der Waals surface area contributed by atoms with Crippen LogP contribution in [0.3, 0.4) is 0 Å². The molecule has 0 bridgehead atoms. The zero-order chi connectivity index (χ0) is 18.8. The first-order valence-corrected chi connectivity index (χ1v) is 9.03. The fourth-order valence-corrected chi connectivity index (χ4v) is 3.56. The van der Waals surface area contributed by atoms with Gasteiger partial charge in [-0.25, -0.2) is 9.78 Å². The van der Waals surface area contributed by atoms with E-state index in [9.17, 15) is 14.4 Å². The average Bonchev–Trinajstić information content (AvgIpc) is 2.68. The van der Waals surface area contributed by atoms with Gasteiger partial charge in [-0.2, -0.15) is 0 Å². The number of aromatic nitrogens is 3. The SMILES string of the molecule is CCCN(C(=O)c1cnc2c(c1)c(=O)n(C)c(=O)n2C)C1CCNCC1. The highest BCUT2D eigenvalue weighted by atomic mass is 16.2. The number of aryl methyl sites for hydroxylation is 1. The number of amides is 1. The Bertz CT molecular complexity index is 940. The lowest BCUT2D eigenvalue weighted by molar-refractivity contribution is 0.0642. The van der Waals surface area contributed by atoms with Gasteiger partial charge in [0.15, 0.2) is 0 Å². The molecule has 0 aromatic carbocycles. The fourth-order valence-electron chi connectivity index (χ4n) is 3.56. The Morgan fingerprint density at radius 2 is 1.96 bits per heavy atom. The van der Waals surface area contributed by atoms with Crippen LogP contribution in [0.1, 0.15) is 36.5 Å². The molecule has 0 spiro atoms. The summed E-state index contributed by atoms with van der Waals surface area (Å²) in [6.07, 6.45) is 4.17. The molecule has 3 rings (SSSR count). The Kier molecular flexibility index (Phi) is 5.22. The third-order valence-electron chi connectivity index (χ3n) is 5.02. The molecule has 1 N–H and O–H groups in total. The second-order valence-corrected chi connectivity index (χ2v) is 6.78. The predicted molar refractivity (Wildman–Crippen MR) is 99.4 cm³/mol. The molecule has 0 unspecified atom stereocenters. The maximum absolute atomic E-state index is 13.1. The van der Waals surface area contributed by atoms with E-state index in [1.807, 2.05) is 11.8 Å². The maximum Gasteiger partial charge on any atom is 0.332 e. The van der Waals surface area contributed by atoms with Crippen molar-refractivity contribution in [2.75, 3.05) is 19.6 Å². The highest BCUT2D eigenvalue weighted by Crippen LogP contribution is 2.17. The summed E-state index contributed by atoms with van der Waals surface area (Å²) < 4.78 is 2.36. The van der Waals surface area contributed by atoms with E-state index in [4.69, 9.17) is 0 Å². The van der Waals surface area contributed by atoms with Crippen molar-refractivity contribution >= 4 is 16.9 Å². The number of hydrogen-bond donors (Lipinski definition) is 1. The van der Waals surface area contributed by atoms with Crippen molar-refractivity contribution in [1.29, 1.82) is 0 Å². The molecule has 1 saturated heterocycles. The van der Waals surface area contributed by atoms with E-state index in [2.05, 4.69) is 10.3 Å². The Labute approximate surface area is 151 Å². The van der Waals surface area contributed by atoms with E-state index in [1.165, 1.54) is 17.8 Å². The van der Waals surface area contributed by atoms with Crippen molar-refractivity contribution in [3.8, 4) is 0 Å². The molecule has 2 aromatic heterocycles. The maximum atomic E-state index is 13.1. The number of nitrogens with one attached hydrogen (secondary N) is 1. The van der Waals surface area contributed by atoms with E-state index < -0.39 is 11.2 Å². The largest absolute Gasteiger partial charge is 0.336 e. The minimum absolute atomic E-state index is 0.107. The number of nitrogens with zero attached hydrogens (tertiary/aromatic N) is 4. The number of rotatable bonds is 4. The molecule has 26 heavy (non-hydrogen) atoms. The van der Waals surface area contributed by atoms with E-state index in [0.29, 0.717) is 17.8 Å². The average molecular weight is 359 g/mol. The lowest BCUT2D eigenvalue weighted by Gasteiger charge is -2.34. The molecular weight excluding hydrogens is 334 g/mol. The molecule has 8 heteroatoms. The molecule has 1 aliphatic heterocycles. The van der Waals surface area contributed by atoms with Crippen LogP contribution in [-0.4, -0.2) is 50.6 Å². The Morgan fingerprint density at radius 3 is 2.62 bits per heavy atom. The number of piperidine rings is 1. The van der Waals surface area contributed by atoms with Crippen molar-refractivity contribution in [2.24, 2.45) is 14.1 Å². The molecule has 0 saturated carbocycles. The molecule has 2 aromatic rings. The summed E-state index contributed by atoms with van der Waals surface area (Å²) >= 11 is 0. The zero-order valence-electron chi connectivity index (χ0n) is 15.5. The van der Waals surface area contributed by atoms with Crippen LogP contribution in [0.4, 0.5) is 0 Å². The highest BCUT2D eigenvalue weighted by molar-refractivity contribution is 5.97. The van der Waals surface area contributed by atoms with Gasteiger partial charge in [0.25, 0.3) is 11.5 Å². The second kappa shape index (κ2) is 7.41. The van der Waals surface area contributed by atoms with Gasteiger partial charge in [-0.1, -0.05) is 6.92 Å². The van der Waals surface area contributed by atoms with Crippen molar-refractivity contribution in [3.63, 3.8) is 0 Å². The van der Waals surface area contributed by atoms with Crippen molar-refractivity contribution in [3.05, 3.63) is 38.7 Å². The second-order valence-electron chi connectivity index (χ2n) is 6.78. The molecular formula is C18H25N5O3. The van der Waals surface area contributed by atoms with Crippen LogP contribution in [0.15, 0.2) is 21.9 Å². The summed E-state index contributed by atoms with van der Waals surface area (Å²) in [4.78, 5) is 43.7. The van der Waals surface area contributed by atoms with E-state index >= 15 is 0 Å². The summed E-state index contributed by atoms with van der Waals surface area (Å²) in [5.74, 6) is -0.107. The number of carbonyl (C=O) groups is 1. The van der Waals surface area contributed by atoms with Gasteiger partial charge in [0.05, 0.1) is 10.9 Å². The lowest BCUT2D eigenvalue weighted by Crippen LogP contribution is -2.46. The van der Waals surface area contributed by atoms with Crippen molar-refractivity contribution in [1.82, 2.24) is 24.3 Å². The van der Waals surface area contributed by atoms with Gasteiger partial charge in [-0.05, 0) is 38.4 Å². The Hall–Kier alpha value is -2.48. The van der Waals surface area contributed by atoms with Gasteiger partial charge < -0.3 is 10.2 Å². The fraction of sp³-hybridized carbons (Fsp3) is 0.556. The number of fused-ring (bicyclic) bond motifs is 1. The molecule has 1 fully saturated rings. The number of carbonyl (C=O) groups excluding carboxylic acids is 1. The molecule has 0 atom stereocenters. The molecule has 0 aliphatic carbocycles. The first kappa shape index (κ1) is 18.3. The summed E-state index contributed by atoms with van der Waals surface area (Å²) in [5, 5.41) is 3.59. The van der Waals surface area contributed by atoms with Crippen LogP contribution in [0.5, 0.6) is 0 Å². The molecule has 8 nitrogen and oxygen atoms in total. The predicted octanol–water partition coefficient (Wildman–Crippen LogP) is 0.236. The van der Waals surface area contributed by atoms with Crippen molar-refractivity contribution in [2.45, 2.75) is 32.2 Å². The van der Waals surface area contributed by atoms with Crippen LogP contribution < -0.4 is 16.6 Å². The normalized spacial score (nSPS) is 15.3. The topological polar surface area (TPSA) is 89.2 Å². The summed E-state index contributed by atoms with van der Waals surface area (Å²) in [7, 11) is 2.99. The monoisotopic (exact) mass is 359 g/mol. The number of hydrogen-bond acceptors (Lipinski definition) is 5. The van der Waals surface area contributed by atoms with Gasteiger partial charge in [0, 0.05) is 32.9 Å². The van der Waals surface area contributed by atoms with Crippen LogP contribution >= 0.6 is 0 Å². The minimum Gasteiger partial charge on any atom is -0.336 e. The summed E-state index contributed by atoms with van der Waals surface area (Å²) in [6.45, 7) is 4.52. The lowest BCUT2D eigenvalue weighted by atomic mass is 10.0. The van der Waals surface area contributed by atoms with Crippen LogP contribution in [0.25, 0.3) is 11.0 Å². The van der Waals surface area contributed by atoms with Gasteiger partial charge in [-0.3, -0.25) is 18.7 Å². The third kappa shape index (κ3) is 3.16. The first-order valence-electron chi connectivity index (χ1n) is 9.03. The quantitative estimate of drug-likeness (QED) is 0.844. The van der Waals surface area contributed by atoms with E-state index in [1.54, 1.807) is 13.1 Å². The highest BCUT2D eigenvalue weighted by Gasteiger charge is 2.26. The molecule has 0 radical (unpaired) electrons. The number of pyridine rings is 1. The zero-order valence-corrected chi connectivity index (χ0v) is 15.5. The molecule has 3 heterocycles. The minimum atomic E-state index is -0.436. The van der Waals surface area contributed by atoms with E-state index in [0.717, 1.165) is 36.9 Å². The van der Waals surface area contributed by atoms with Gasteiger partial charge >= 0.3 is 5.69 Å². The molecule has 1 amide bonds. The van der Waals surface area contributed by atoms with E-state index in [-0.39, 0.29) is 17.3 Å². The molecule has 140 valence electrons. The Balaban J connectivity index is 2.04. The van der Waals surface area contributed by atoms with Gasteiger partial charge in [0.1, 0.15) is 5.65 Å². The van der Waals surface area contributed by atoms with Gasteiger partial charge in [0.2, 0.25) is 0 Å². The molecule has 1 aliphatic rings. The van der Waals surface area contributed by atoms with Crippen molar-refractivity contribution < 1.29 is 4.79 Å². The Morgan fingerprint density at radius 1 is 1.27 bits per heavy atom. The summed E-state index contributed by atoms with van der Waals surface area (Å²) in [5.41, 5.74) is -0.190. The first-order chi connectivity index (χ1) is 12.5. The summed E-state index contributed by atoms with van der Waals surface area (Å²) in [6, 6.07) is 1.76. The van der Waals surface area contributed by atoms with Crippen LogP contribution in [-0.2, 0) is 14.1 Å². The van der Waals surface area contributed by atoms with Crippen LogP contribution in [0.2, 0.25) is 0 Å². The standard InChI is InChI=1S/C18H25N5O3/c1-4-9-23(13-5-7-19-8-6-13)16(24)12-10-14-15(20-11-12)21(2)18(26)22(3)17(14)25/h10-11,13,19H,4-9H2,1-3H3. The third-order valence-corrected chi connectivity index (χ3v) is 5.02.